The molecule has 0 saturated carbocycles. The molecule has 1 saturated heterocycles. The highest BCUT2D eigenvalue weighted by Gasteiger charge is 2.28. The van der Waals surface area contributed by atoms with Crippen molar-refractivity contribution in [2.45, 2.75) is 18.9 Å². The summed E-state index contributed by atoms with van der Waals surface area (Å²) in [6.07, 6.45) is 1.60. The highest BCUT2D eigenvalue weighted by molar-refractivity contribution is 5.90. The van der Waals surface area contributed by atoms with Crippen LogP contribution >= 0.6 is 0 Å². The average Bonchev–Trinajstić information content (AvgIpc) is 2.66. The highest BCUT2D eigenvalue weighted by Crippen LogP contribution is 2.08. The molecular formula is C9H16N4O3. The largest absolute Gasteiger partial charge is 0.368 e. The molecule has 1 fully saturated rings. The fourth-order valence-corrected chi connectivity index (χ4v) is 1.70. The Kier molecular flexibility index (Phi) is 4.24. The lowest BCUT2D eigenvalue weighted by molar-refractivity contribution is -0.139. The van der Waals surface area contributed by atoms with E-state index in [1.54, 1.807) is 0 Å². The summed E-state index contributed by atoms with van der Waals surface area (Å²) in [4.78, 5) is 34.5. The third-order valence-corrected chi connectivity index (χ3v) is 2.36. The molecule has 16 heavy (non-hydrogen) atoms. The van der Waals surface area contributed by atoms with E-state index in [1.807, 2.05) is 0 Å². The third-order valence-electron chi connectivity index (χ3n) is 2.36. The Morgan fingerprint density at radius 1 is 1.19 bits per heavy atom. The van der Waals surface area contributed by atoms with Gasteiger partial charge in [0, 0.05) is 0 Å². The number of nitrogens with zero attached hydrogens (tertiary/aromatic N) is 1. The molecule has 1 atom stereocenters. The molecule has 7 nitrogen and oxygen atoms in total. The maximum Gasteiger partial charge on any atom is 0.240 e. The Morgan fingerprint density at radius 3 is 2.12 bits per heavy atom. The van der Waals surface area contributed by atoms with Gasteiger partial charge in [0.2, 0.25) is 17.7 Å². The van der Waals surface area contributed by atoms with Crippen LogP contribution < -0.4 is 16.8 Å². The van der Waals surface area contributed by atoms with Crippen LogP contribution in [0.25, 0.3) is 0 Å². The molecule has 0 aromatic heterocycles. The van der Waals surface area contributed by atoms with Gasteiger partial charge in [0.1, 0.15) is 0 Å². The van der Waals surface area contributed by atoms with Crippen molar-refractivity contribution >= 4 is 17.7 Å². The number of hydrogen-bond acceptors (Lipinski definition) is 4. The van der Waals surface area contributed by atoms with Crippen LogP contribution in [0.3, 0.4) is 0 Å². The van der Waals surface area contributed by atoms with Crippen LogP contribution in [0.5, 0.6) is 0 Å². The van der Waals surface area contributed by atoms with E-state index in [9.17, 15) is 14.4 Å². The number of hydrogen-bond donors (Lipinski definition) is 3. The second-order valence-electron chi connectivity index (χ2n) is 3.78. The molecule has 90 valence electrons. The van der Waals surface area contributed by atoms with Crippen molar-refractivity contribution < 1.29 is 14.4 Å². The van der Waals surface area contributed by atoms with Crippen molar-refractivity contribution in [1.29, 1.82) is 0 Å². The lowest BCUT2D eigenvalue weighted by Gasteiger charge is -2.22. The number of primary amides is 2. The van der Waals surface area contributed by atoms with Crippen LogP contribution in [0.1, 0.15) is 12.8 Å². The molecule has 5 N–H and O–H groups in total. The Hall–Kier alpha value is -1.63. The van der Waals surface area contributed by atoms with Crippen LogP contribution in [0.2, 0.25) is 0 Å². The van der Waals surface area contributed by atoms with E-state index in [2.05, 4.69) is 5.32 Å². The molecule has 0 radical (unpaired) electrons. The van der Waals surface area contributed by atoms with Gasteiger partial charge < -0.3 is 21.7 Å². The van der Waals surface area contributed by atoms with Gasteiger partial charge in [-0.1, -0.05) is 0 Å². The topological polar surface area (TPSA) is 119 Å². The summed E-state index contributed by atoms with van der Waals surface area (Å²) in [5.41, 5.74) is 10.0. The fourth-order valence-electron chi connectivity index (χ4n) is 1.70. The monoisotopic (exact) mass is 228 g/mol. The molecule has 1 aliphatic rings. The minimum atomic E-state index is -0.660. The Morgan fingerprint density at radius 2 is 1.75 bits per heavy atom. The minimum Gasteiger partial charge on any atom is -0.368 e. The van der Waals surface area contributed by atoms with Crippen LogP contribution in [0, 0.1) is 0 Å². The van der Waals surface area contributed by atoms with E-state index in [4.69, 9.17) is 11.5 Å². The molecule has 0 aliphatic carbocycles. The molecule has 7 heteroatoms. The first-order chi connectivity index (χ1) is 7.50. The van der Waals surface area contributed by atoms with Gasteiger partial charge in [-0.15, -0.1) is 0 Å². The molecule has 0 aromatic rings. The molecule has 3 amide bonds. The highest BCUT2D eigenvalue weighted by atomic mass is 16.2. The van der Waals surface area contributed by atoms with Gasteiger partial charge in [-0.2, -0.15) is 0 Å². The van der Waals surface area contributed by atoms with Gasteiger partial charge in [-0.05, 0) is 19.4 Å². The maximum absolute atomic E-state index is 11.9. The second kappa shape index (κ2) is 5.45. The van der Waals surface area contributed by atoms with Gasteiger partial charge in [0.05, 0.1) is 19.1 Å². The standard InChI is InChI=1S/C9H16N4O3/c10-7(14)4-13(5-8(11)15)9(16)6-2-1-3-12-6/h6,12H,1-5H2,(H2,10,14)(H2,11,15). The van der Waals surface area contributed by atoms with E-state index in [0.29, 0.717) is 6.42 Å². The van der Waals surface area contributed by atoms with Crippen LogP contribution in [-0.4, -0.2) is 48.3 Å². The summed E-state index contributed by atoms with van der Waals surface area (Å²) in [6.45, 7) is 0.206. The first-order valence-corrected chi connectivity index (χ1v) is 5.09. The van der Waals surface area contributed by atoms with E-state index >= 15 is 0 Å². The van der Waals surface area contributed by atoms with Crippen molar-refractivity contribution in [2.24, 2.45) is 11.5 Å². The van der Waals surface area contributed by atoms with E-state index in [0.717, 1.165) is 17.9 Å². The van der Waals surface area contributed by atoms with Gasteiger partial charge in [0.15, 0.2) is 0 Å². The Labute approximate surface area is 93.1 Å². The average molecular weight is 228 g/mol. The SMILES string of the molecule is NC(=O)CN(CC(N)=O)C(=O)C1CCCN1. The zero-order valence-corrected chi connectivity index (χ0v) is 8.94. The molecule has 1 heterocycles. The number of rotatable bonds is 5. The first kappa shape index (κ1) is 12.4. The van der Waals surface area contributed by atoms with E-state index in [-0.39, 0.29) is 25.0 Å². The summed E-state index contributed by atoms with van der Waals surface area (Å²) in [5.74, 6) is -1.62. The quantitative estimate of drug-likeness (QED) is 0.483. The summed E-state index contributed by atoms with van der Waals surface area (Å²) in [6, 6.07) is -0.335. The van der Waals surface area contributed by atoms with Crippen LogP contribution in [0.15, 0.2) is 0 Å². The molecule has 0 spiro atoms. The van der Waals surface area contributed by atoms with Crippen molar-refractivity contribution in [3.63, 3.8) is 0 Å². The predicted octanol–water partition coefficient (Wildman–Crippen LogP) is -2.46. The van der Waals surface area contributed by atoms with Crippen molar-refractivity contribution in [2.75, 3.05) is 19.6 Å². The fraction of sp³-hybridized carbons (Fsp3) is 0.667. The molecular weight excluding hydrogens is 212 g/mol. The lowest BCUT2D eigenvalue weighted by Crippen LogP contribution is -2.49. The van der Waals surface area contributed by atoms with E-state index < -0.39 is 11.8 Å². The van der Waals surface area contributed by atoms with Crippen molar-refractivity contribution in [1.82, 2.24) is 10.2 Å². The Balaban J connectivity index is 2.62. The summed E-state index contributed by atoms with van der Waals surface area (Å²) in [5, 5.41) is 2.99. The number of amides is 3. The van der Waals surface area contributed by atoms with Gasteiger partial charge >= 0.3 is 0 Å². The number of carbonyl (C=O) groups excluding carboxylic acids is 3. The third kappa shape index (κ3) is 3.50. The number of carbonyl (C=O) groups is 3. The second-order valence-corrected chi connectivity index (χ2v) is 3.78. The zero-order chi connectivity index (χ0) is 12.1. The Bertz CT molecular complexity index is 283. The van der Waals surface area contributed by atoms with Gasteiger partial charge in [-0.3, -0.25) is 14.4 Å². The van der Waals surface area contributed by atoms with Gasteiger partial charge in [-0.25, -0.2) is 0 Å². The predicted molar refractivity (Wildman–Crippen MR) is 56.0 cm³/mol. The molecule has 1 aliphatic heterocycles. The smallest absolute Gasteiger partial charge is 0.240 e. The first-order valence-electron chi connectivity index (χ1n) is 5.09. The van der Waals surface area contributed by atoms with Crippen molar-refractivity contribution in [3.05, 3.63) is 0 Å². The summed E-state index contributed by atoms with van der Waals surface area (Å²) in [7, 11) is 0. The zero-order valence-electron chi connectivity index (χ0n) is 8.94. The lowest BCUT2D eigenvalue weighted by atomic mass is 10.2. The minimum absolute atomic E-state index is 0.278. The normalized spacial score (nSPS) is 19.4. The number of nitrogens with two attached hydrogens (primary N) is 2. The maximum atomic E-state index is 11.9. The molecule has 0 aromatic carbocycles. The summed E-state index contributed by atoms with van der Waals surface area (Å²) >= 11 is 0. The number of nitrogens with one attached hydrogen (secondary N) is 1. The van der Waals surface area contributed by atoms with E-state index in [1.165, 1.54) is 0 Å². The molecule has 1 unspecified atom stereocenters. The van der Waals surface area contributed by atoms with Crippen LogP contribution in [-0.2, 0) is 14.4 Å². The summed E-state index contributed by atoms with van der Waals surface area (Å²) < 4.78 is 0. The van der Waals surface area contributed by atoms with Gasteiger partial charge in [0.25, 0.3) is 0 Å². The molecule has 1 rings (SSSR count). The van der Waals surface area contributed by atoms with Crippen LogP contribution in [0.4, 0.5) is 0 Å². The molecule has 0 bridgehead atoms. The van der Waals surface area contributed by atoms with Crippen molar-refractivity contribution in [3.8, 4) is 0 Å².